The summed E-state index contributed by atoms with van der Waals surface area (Å²) in [7, 11) is 0. The van der Waals surface area contributed by atoms with Crippen LogP contribution in [0.25, 0.3) is 16.9 Å². The number of nitrogens with one attached hydrogen (secondary N) is 2. The second-order valence-electron chi connectivity index (χ2n) is 8.50. The van der Waals surface area contributed by atoms with Crippen LogP contribution in [0.15, 0.2) is 18.3 Å². The van der Waals surface area contributed by atoms with Crippen LogP contribution in [0.4, 0.5) is 17.3 Å². The lowest BCUT2D eigenvalue weighted by molar-refractivity contribution is 0.0985. The highest BCUT2D eigenvalue weighted by Crippen LogP contribution is 2.41. The van der Waals surface area contributed by atoms with Gasteiger partial charge in [-0.1, -0.05) is 0 Å². The smallest absolute Gasteiger partial charge is 0.171 e. The number of nitrogens with two attached hydrogens (primary N) is 1. The Morgan fingerprint density at radius 3 is 2.80 bits per heavy atom. The molecule has 4 N–H and O–H groups in total. The van der Waals surface area contributed by atoms with Gasteiger partial charge in [0.2, 0.25) is 0 Å². The average Bonchev–Trinajstić information content (AvgIpc) is 3.45. The fourth-order valence-electron chi connectivity index (χ4n) is 5.23. The van der Waals surface area contributed by atoms with Crippen molar-refractivity contribution < 1.29 is 4.74 Å². The molecule has 3 atom stereocenters. The quantitative estimate of drug-likeness (QED) is 0.585. The summed E-state index contributed by atoms with van der Waals surface area (Å²) in [5.41, 5.74) is 8.38. The number of hydrogen-bond donors (Lipinski definition) is 3. The van der Waals surface area contributed by atoms with Crippen LogP contribution in [-0.4, -0.2) is 75.9 Å². The molecule has 0 amide bonds. The van der Waals surface area contributed by atoms with Gasteiger partial charge in [-0.25, -0.2) is 4.98 Å². The van der Waals surface area contributed by atoms with E-state index in [0.717, 1.165) is 48.0 Å². The normalized spacial score (nSPS) is 26.6. The van der Waals surface area contributed by atoms with E-state index in [9.17, 15) is 0 Å². The van der Waals surface area contributed by atoms with E-state index in [4.69, 9.17) is 15.5 Å². The summed E-state index contributed by atoms with van der Waals surface area (Å²) in [5.74, 6) is 2.21. The number of aromatic nitrogens is 5. The zero-order valence-electron chi connectivity index (χ0n) is 17.1. The molecule has 158 valence electrons. The van der Waals surface area contributed by atoms with Gasteiger partial charge >= 0.3 is 0 Å². The molecule has 3 saturated heterocycles. The Morgan fingerprint density at radius 1 is 1.23 bits per heavy atom. The number of piperazine rings is 1. The lowest BCUT2D eigenvalue weighted by Crippen LogP contribution is -2.52. The second kappa shape index (κ2) is 6.85. The molecule has 0 saturated carbocycles. The maximum atomic E-state index is 6.48. The third kappa shape index (κ3) is 2.67. The van der Waals surface area contributed by atoms with Crippen LogP contribution < -0.4 is 20.9 Å². The van der Waals surface area contributed by atoms with Crippen molar-refractivity contribution in [3.05, 3.63) is 18.3 Å². The van der Waals surface area contributed by atoms with Gasteiger partial charge < -0.3 is 25.6 Å². The molecule has 10 nitrogen and oxygen atoms in total. The molecule has 3 fully saturated rings. The van der Waals surface area contributed by atoms with Crippen LogP contribution in [-0.2, 0) is 4.74 Å². The number of anilines is 3. The molecule has 0 radical (unpaired) electrons. The van der Waals surface area contributed by atoms with Gasteiger partial charge in [0.15, 0.2) is 17.3 Å². The Bertz CT molecular complexity index is 1050. The fourth-order valence-corrected chi connectivity index (χ4v) is 5.23. The number of nitrogen functional groups attached to an aromatic ring is 1. The molecular formula is C20H27N9O. The van der Waals surface area contributed by atoms with E-state index in [1.54, 1.807) is 10.9 Å². The minimum absolute atomic E-state index is 0.261. The number of ether oxygens (including phenoxy) is 1. The molecule has 6 rings (SSSR count). The van der Waals surface area contributed by atoms with Crippen LogP contribution >= 0.6 is 0 Å². The maximum Gasteiger partial charge on any atom is 0.171 e. The maximum absolute atomic E-state index is 6.48. The van der Waals surface area contributed by atoms with Crippen LogP contribution in [0.1, 0.15) is 19.8 Å². The number of nitrogens with zero attached hydrogens (tertiary/aromatic N) is 6. The van der Waals surface area contributed by atoms with Crippen LogP contribution in [0.2, 0.25) is 0 Å². The number of fused-ring (bicyclic) bond motifs is 3. The first-order valence-electron chi connectivity index (χ1n) is 10.7. The van der Waals surface area contributed by atoms with E-state index in [1.807, 2.05) is 6.07 Å². The first kappa shape index (κ1) is 18.0. The molecule has 30 heavy (non-hydrogen) atoms. The third-order valence-corrected chi connectivity index (χ3v) is 6.66. The van der Waals surface area contributed by atoms with Gasteiger partial charge in [0.25, 0.3) is 0 Å². The van der Waals surface area contributed by atoms with E-state index in [-0.39, 0.29) is 6.04 Å². The minimum Gasteiger partial charge on any atom is -0.382 e. The zero-order chi connectivity index (χ0) is 20.2. The number of rotatable bonds is 3. The molecule has 3 aromatic rings. The number of hydrogen-bond acceptors (Lipinski definition) is 8. The van der Waals surface area contributed by atoms with Crippen LogP contribution in [0.5, 0.6) is 0 Å². The molecule has 3 aliphatic heterocycles. The average molecular weight is 409 g/mol. The van der Waals surface area contributed by atoms with Gasteiger partial charge in [-0.15, -0.1) is 5.10 Å². The van der Waals surface area contributed by atoms with Gasteiger partial charge in [-0.2, -0.15) is 9.78 Å². The van der Waals surface area contributed by atoms with E-state index >= 15 is 0 Å². The van der Waals surface area contributed by atoms with Crippen LogP contribution in [0.3, 0.4) is 0 Å². The summed E-state index contributed by atoms with van der Waals surface area (Å²) in [6.45, 7) is 6.41. The van der Waals surface area contributed by atoms with Crippen molar-refractivity contribution in [3.8, 4) is 5.82 Å². The monoisotopic (exact) mass is 409 g/mol. The SMILES string of the molecule is CC1COCCN1c1cc(N2C3CCC2CNC3)c2c(N)nn(-c3ccn[nH]3)c2n1. The van der Waals surface area contributed by atoms with E-state index < -0.39 is 0 Å². The predicted molar refractivity (Wildman–Crippen MR) is 115 cm³/mol. The molecule has 10 heteroatoms. The Kier molecular flexibility index (Phi) is 4.10. The van der Waals surface area contributed by atoms with Crippen molar-refractivity contribution in [2.75, 3.05) is 48.4 Å². The third-order valence-electron chi connectivity index (χ3n) is 6.66. The van der Waals surface area contributed by atoms with Gasteiger partial charge in [-0.05, 0) is 19.8 Å². The van der Waals surface area contributed by atoms with Crippen molar-refractivity contribution in [1.82, 2.24) is 30.3 Å². The molecule has 3 unspecified atom stereocenters. The highest BCUT2D eigenvalue weighted by atomic mass is 16.5. The molecule has 0 aromatic carbocycles. The largest absolute Gasteiger partial charge is 0.382 e. The summed E-state index contributed by atoms with van der Waals surface area (Å²) < 4.78 is 7.44. The Hall–Kier alpha value is -2.85. The van der Waals surface area contributed by atoms with E-state index in [0.29, 0.717) is 31.1 Å². The Labute approximate surface area is 174 Å². The van der Waals surface area contributed by atoms with Crippen LogP contribution in [0, 0.1) is 0 Å². The van der Waals surface area contributed by atoms with E-state index in [1.165, 1.54) is 12.8 Å². The minimum atomic E-state index is 0.261. The topological polar surface area (TPSA) is 113 Å². The predicted octanol–water partition coefficient (Wildman–Crippen LogP) is 0.892. The zero-order valence-corrected chi connectivity index (χ0v) is 17.1. The van der Waals surface area contributed by atoms with Gasteiger partial charge in [0.05, 0.1) is 36.5 Å². The highest BCUT2D eigenvalue weighted by Gasteiger charge is 2.39. The molecule has 0 spiro atoms. The number of morpholine rings is 1. The van der Waals surface area contributed by atoms with Gasteiger partial charge in [0.1, 0.15) is 5.82 Å². The summed E-state index contributed by atoms with van der Waals surface area (Å²) in [5, 5.41) is 16.2. The van der Waals surface area contributed by atoms with E-state index in [2.05, 4.69) is 43.4 Å². The van der Waals surface area contributed by atoms with Gasteiger partial charge in [0, 0.05) is 43.9 Å². The van der Waals surface area contributed by atoms with Crippen molar-refractivity contribution in [2.24, 2.45) is 0 Å². The van der Waals surface area contributed by atoms with Gasteiger partial charge in [-0.3, -0.25) is 5.10 Å². The molecule has 3 aliphatic rings. The van der Waals surface area contributed by atoms with Crippen molar-refractivity contribution in [3.63, 3.8) is 0 Å². The molecule has 6 heterocycles. The van der Waals surface area contributed by atoms with Crippen molar-refractivity contribution in [1.29, 1.82) is 0 Å². The first-order chi connectivity index (χ1) is 14.7. The second-order valence-corrected chi connectivity index (χ2v) is 8.50. The lowest BCUT2D eigenvalue weighted by atomic mass is 10.1. The molecule has 3 aromatic heterocycles. The number of pyridine rings is 1. The first-order valence-corrected chi connectivity index (χ1v) is 10.7. The lowest BCUT2D eigenvalue weighted by Gasteiger charge is -2.39. The van der Waals surface area contributed by atoms with Crippen molar-refractivity contribution >= 4 is 28.4 Å². The molecule has 2 bridgehead atoms. The summed E-state index contributed by atoms with van der Waals surface area (Å²) in [6.07, 6.45) is 4.10. The molecule has 0 aliphatic carbocycles. The number of H-pyrrole nitrogens is 1. The Balaban J connectivity index is 1.58. The standard InChI is InChI=1S/C20H27N9O/c1-12-11-30-7-6-27(12)17-8-15(28-13-2-3-14(28)10-22-9-13)18-19(21)26-29(20(18)24-17)16-4-5-23-25-16/h4-5,8,12-14,22H,2-3,6-7,9-11H2,1H3,(H2,21,26)(H,23,25). The fraction of sp³-hybridized carbons (Fsp3) is 0.550. The highest BCUT2D eigenvalue weighted by molar-refractivity contribution is 6.00. The molecular weight excluding hydrogens is 382 g/mol. The Morgan fingerprint density at radius 2 is 2.07 bits per heavy atom. The summed E-state index contributed by atoms with van der Waals surface area (Å²) >= 11 is 0. The number of aromatic amines is 1. The van der Waals surface area contributed by atoms with Crippen molar-refractivity contribution in [2.45, 2.75) is 37.9 Å². The summed E-state index contributed by atoms with van der Waals surface area (Å²) in [4.78, 5) is 9.94. The summed E-state index contributed by atoms with van der Waals surface area (Å²) in [6, 6.07) is 5.30.